The molecule has 9 aliphatic rings. The summed E-state index contributed by atoms with van der Waals surface area (Å²) in [5, 5.41) is 3.87. The molecule has 6 aromatic rings. The molecule has 0 radical (unpaired) electrons. The van der Waals surface area contributed by atoms with Crippen LogP contribution in [-0.2, 0) is 8.85 Å². The fourth-order valence-corrected chi connectivity index (χ4v) is 16.5. The van der Waals surface area contributed by atoms with Gasteiger partial charge in [-0.05, 0) is 80.5 Å². The van der Waals surface area contributed by atoms with Crippen molar-refractivity contribution in [1.29, 1.82) is 0 Å². The number of amidine groups is 4. The Morgan fingerprint density at radius 2 is 0.934 bits per heavy atom. The number of hydrogen-bond acceptors (Lipinski definition) is 8. The van der Waals surface area contributed by atoms with Crippen LogP contribution in [0, 0.1) is 29.1 Å². The lowest BCUT2D eigenvalue weighted by Gasteiger charge is -2.57. The largest absolute Gasteiger partial charge is 0.603 e. The average Bonchev–Trinajstić information content (AvgIpc) is 4.00. The Labute approximate surface area is 354 Å². The van der Waals surface area contributed by atoms with E-state index in [-0.39, 0.29) is 5.41 Å². The molecular weight excluding hydrogens is 773 g/mol. The van der Waals surface area contributed by atoms with Gasteiger partial charge in [0.25, 0.3) is 0 Å². The molecule has 0 saturated heterocycles. The second kappa shape index (κ2) is 12.9. The van der Waals surface area contributed by atoms with Gasteiger partial charge >= 0.3 is 8.88 Å². The van der Waals surface area contributed by atoms with Crippen LogP contribution in [0.2, 0.25) is 0 Å². The number of rotatable bonds is 6. The van der Waals surface area contributed by atoms with Gasteiger partial charge in [-0.1, -0.05) is 116 Å². The summed E-state index contributed by atoms with van der Waals surface area (Å²) in [6, 6.07) is 33.8. The fraction of sp³-hybridized carbons (Fsp3) is 0.360. The molecular formula is C50H46N8O2Si. The minimum absolute atomic E-state index is 0.0832. The smallest absolute Gasteiger partial charge is 0.361 e. The highest BCUT2D eigenvalue weighted by Crippen LogP contribution is 2.60. The summed E-state index contributed by atoms with van der Waals surface area (Å²) >= 11 is 0. The molecule has 0 spiro atoms. The van der Waals surface area contributed by atoms with E-state index < -0.39 is 8.88 Å². The van der Waals surface area contributed by atoms with Crippen molar-refractivity contribution in [3.8, 4) is 0 Å². The number of aromatic nitrogens is 2. The monoisotopic (exact) mass is 818 g/mol. The predicted octanol–water partition coefficient (Wildman–Crippen LogP) is 9.20. The van der Waals surface area contributed by atoms with Crippen LogP contribution in [0.3, 0.4) is 0 Å². The second-order valence-electron chi connectivity index (χ2n) is 19.2. The SMILES string of the molecule is c1ccc2c(c1)C1=NC/2=N\c2c3ccccc3c3n2[Si](OCC2CCCCC2)(OCC24CC5CC(CC(C5)C2)C4)n2/c(c4ccccc4/c2=N/C2=NC(=N\3)/c3ccccc32)=N\1. The van der Waals surface area contributed by atoms with Gasteiger partial charge in [0.1, 0.15) is 22.6 Å². The van der Waals surface area contributed by atoms with Crippen LogP contribution in [0.5, 0.6) is 0 Å². The summed E-state index contributed by atoms with van der Waals surface area (Å²) < 4.78 is 20.8. The van der Waals surface area contributed by atoms with E-state index in [1.807, 2.05) is 0 Å². The summed E-state index contributed by atoms with van der Waals surface area (Å²) in [4.78, 5) is 33.2. The van der Waals surface area contributed by atoms with Crippen molar-refractivity contribution in [2.75, 3.05) is 13.2 Å². The van der Waals surface area contributed by atoms with Gasteiger partial charge in [-0.3, -0.25) is 8.47 Å². The first kappa shape index (κ1) is 35.0. The number of benzene rings is 4. The first-order valence-corrected chi connectivity index (χ1v) is 24.3. The lowest BCUT2D eigenvalue weighted by atomic mass is 9.50. The third kappa shape index (κ3) is 5.14. The highest BCUT2D eigenvalue weighted by molar-refractivity contribution is 6.66. The van der Waals surface area contributed by atoms with Crippen LogP contribution in [-0.4, -0.2) is 53.9 Å². The van der Waals surface area contributed by atoms with Crippen LogP contribution >= 0.6 is 0 Å². The van der Waals surface area contributed by atoms with Crippen LogP contribution in [0.4, 0.5) is 11.6 Å². The zero-order chi connectivity index (χ0) is 39.9. The molecule has 61 heavy (non-hydrogen) atoms. The van der Waals surface area contributed by atoms with E-state index in [9.17, 15) is 0 Å². The first-order valence-electron chi connectivity index (χ1n) is 22.6. The summed E-state index contributed by atoms with van der Waals surface area (Å²) in [6.45, 7) is 1.16. The highest BCUT2D eigenvalue weighted by Gasteiger charge is 2.57. The Morgan fingerprint density at radius 1 is 0.492 bits per heavy atom. The van der Waals surface area contributed by atoms with E-state index in [1.165, 1.54) is 57.8 Å². The van der Waals surface area contributed by atoms with Gasteiger partial charge in [0.2, 0.25) is 0 Å². The molecule has 5 saturated carbocycles. The Bertz CT molecular complexity index is 2950. The quantitative estimate of drug-likeness (QED) is 0.157. The number of aliphatic imine (C=N–C) groups is 4. The van der Waals surface area contributed by atoms with Gasteiger partial charge in [-0.15, -0.1) is 0 Å². The molecule has 5 aliphatic carbocycles. The minimum atomic E-state index is -4.12. The third-order valence-corrected chi connectivity index (χ3v) is 18.3. The summed E-state index contributed by atoms with van der Waals surface area (Å²) in [7, 11) is -4.12. The molecule has 11 heteroatoms. The first-order chi connectivity index (χ1) is 30.1. The van der Waals surface area contributed by atoms with Crippen molar-refractivity contribution >= 4 is 65.4 Å². The highest BCUT2D eigenvalue weighted by atomic mass is 28.4. The number of nitrogens with zero attached hydrogens (tertiary/aromatic N) is 8. The summed E-state index contributed by atoms with van der Waals surface area (Å²) in [6.07, 6.45) is 13.7. The van der Waals surface area contributed by atoms with Crippen LogP contribution in [0.15, 0.2) is 127 Å². The molecule has 302 valence electrons. The molecule has 1 unspecified atom stereocenters. The molecule has 10 nitrogen and oxygen atoms in total. The maximum absolute atomic E-state index is 8.18. The molecule has 5 fully saturated rings. The van der Waals surface area contributed by atoms with Gasteiger partial charge < -0.3 is 8.85 Å². The van der Waals surface area contributed by atoms with Crippen molar-refractivity contribution in [1.82, 2.24) is 8.47 Å². The lowest BCUT2D eigenvalue weighted by Crippen LogP contribution is -2.65. The van der Waals surface area contributed by atoms with Crippen molar-refractivity contribution < 1.29 is 8.85 Å². The molecule has 1 atom stereocenters. The zero-order valence-electron chi connectivity index (χ0n) is 34.1. The molecule has 2 aromatic heterocycles. The molecule has 6 heterocycles. The van der Waals surface area contributed by atoms with E-state index >= 15 is 0 Å². The topological polar surface area (TPSA) is 102 Å². The second-order valence-corrected chi connectivity index (χ2v) is 21.8. The molecule has 4 aromatic carbocycles. The van der Waals surface area contributed by atoms with Crippen molar-refractivity contribution in [2.45, 2.75) is 70.6 Å². The number of fused-ring (bicyclic) bond motifs is 14. The maximum atomic E-state index is 8.18. The van der Waals surface area contributed by atoms with Crippen molar-refractivity contribution in [3.63, 3.8) is 0 Å². The molecule has 10 bridgehead atoms. The van der Waals surface area contributed by atoms with Crippen LogP contribution in [0.25, 0.3) is 21.5 Å². The Kier molecular flexibility index (Phi) is 7.43. The van der Waals surface area contributed by atoms with Gasteiger partial charge in [0.15, 0.2) is 23.3 Å². The minimum Gasteiger partial charge on any atom is -0.361 e. The van der Waals surface area contributed by atoms with Crippen LogP contribution < -0.4 is 11.0 Å². The molecule has 0 amide bonds. The van der Waals surface area contributed by atoms with E-state index in [4.69, 9.17) is 38.8 Å². The van der Waals surface area contributed by atoms with Gasteiger partial charge in [-0.2, -0.15) is 0 Å². The molecule has 15 rings (SSSR count). The Balaban J connectivity index is 1.16. The predicted molar refractivity (Wildman–Crippen MR) is 240 cm³/mol. The lowest BCUT2D eigenvalue weighted by molar-refractivity contribution is -0.0829. The van der Waals surface area contributed by atoms with Gasteiger partial charge in [-0.25, -0.2) is 30.0 Å². The standard InChI is InChI=1S/C50H46N8O2Si/c1-2-12-30(13-3-1)28-59-61(60-29-50-25-31-22-32(26-50)24-33(23-31)27-50)57-46-38-18-8-9-19-39(38)48(57)55-44-36-16-6-7-17-37(36)45(52-44)56-49-41-21-11-10-20-40(41)47(58(49)61)54-43-35-15-5-4-14-34(35)42(51-43)53-46/h4-11,14-21,30-33H,1-3,12-13,22-29H2/b53-42-,53-46?,54-43?,54-47-,55-44-,55-48?,56-45?,56-49-. The van der Waals surface area contributed by atoms with Gasteiger partial charge in [0.05, 0.1) is 0 Å². The molecule has 0 N–H and O–H groups in total. The zero-order valence-corrected chi connectivity index (χ0v) is 35.1. The van der Waals surface area contributed by atoms with Gasteiger partial charge in [0, 0.05) is 57.0 Å². The third-order valence-electron chi connectivity index (χ3n) is 15.3. The van der Waals surface area contributed by atoms with Crippen molar-refractivity contribution in [2.24, 2.45) is 59.0 Å². The van der Waals surface area contributed by atoms with E-state index in [0.717, 1.165) is 97.0 Å². The normalized spacial score (nSPS) is 30.6. The maximum Gasteiger partial charge on any atom is 0.603 e. The van der Waals surface area contributed by atoms with E-state index in [2.05, 4.69) is 106 Å². The molecule has 4 aliphatic heterocycles. The van der Waals surface area contributed by atoms with E-state index in [0.29, 0.717) is 42.5 Å². The summed E-state index contributed by atoms with van der Waals surface area (Å²) in [5.41, 5.74) is 5.36. The summed E-state index contributed by atoms with van der Waals surface area (Å²) in [5.74, 6) is 6.69. The Hall–Kier alpha value is -5.62. The van der Waals surface area contributed by atoms with Crippen molar-refractivity contribution in [3.05, 3.63) is 130 Å². The Morgan fingerprint density at radius 3 is 1.43 bits per heavy atom. The fourth-order valence-electron chi connectivity index (χ4n) is 13.0. The van der Waals surface area contributed by atoms with E-state index in [1.54, 1.807) is 0 Å². The van der Waals surface area contributed by atoms with Crippen LogP contribution in [0.1, 0.15) is 92.9 Å². The average molecular weight is 819 g/mol. The number of hydrogen-bond donors (Lipinski definition) is 0.